The first-order valence-electron chi connectivity index (χ1n) is 6.65. The van der Waals surface area contributed by atoms with Crippen LogP contribution in [0.1, 0.15) is 43.0 Å². The van der Waals surface area contributed by atoms with Crippen LogP contribution in [-0.2, 0) is 11.8 Å². The van der Waals surface area contributed by atoms with Crippen molar-refractivity contribution in [1.82, 2.24) is 4.90 Å². The third kappa shape index (κ3) is 4.03. The smallest absolute Gasteiger partial charge is 0.0411 e. The van der Waals surface area contributed by atoms with E-state index in [-0.39, 0.29) is 5.41 Å². The summed E-state index contributed by atoms with van der Waals surface area (Å²) in [4.78, 5) is 2.24. The number of likely N-dealkylation sites (N-methyl/N-ethyl adjacent to an activating group) is 1. The van der Waals surface area contributed by atoms with Crippen LogP contribution in [0.3, 0.4) is 0 Å². The van der Waals surface area contributed by atoms with Gasteiger partial charge >= 0.3 is 0 Å². The van der Waals surface area contributed by atoms with Gasteiger partial charge in [-0.3, -0.25) is 4.90 Å². The lowest BCUT2D eigenvalue weighted by molar-refractivity contribution is 0.398. The average Bonchev–Trinajstić information content (AvgIpc) is 2.26. The summed E-state index contributed by atoms with van der Waals surface area (Å²) in [6.07, 6.45) is 1.11. The molecule has 0 aromatic heterocycles. The Hall–Kier alpha value is -0.470. The molecule has 0 radical (unpaired) electrons. The van der Waals surface area contributed by atoms with Crippen molar-refractivity contribution in [2.75, 3.05) is 19.5 Å². The molecule has 0 fully saturated rings. The van der Waals surface area contributed by atoms with E-state index in [1.807, 2.05) is 0 Å². The molecular weight excluding hydrogens is 238 g/mol. The van der Waals surface area contributed by atoms with Crippen LogP contribution in [-0.4, -0.2) is 24.4 Å². The van der Waals surface area contributed by atoms with Gasteiger partial charge in [-0.2, -0.15) is 12.6 Å². The fraction of sp³-hybridized carbons (Fsp3) is 0.625. The highest BCUT2D eigenvalue weighted by Crippen LogP contribution is 2.27. The molecule has 1 aromatic rings. The van der Waals surface area contributed by atoms with Gasteiger partial charge in [0.15, 0.2) is 0 Å². The first-order chi connectivity index (χ1) is 8.25. The zero-order chi connectivity index (χ0) is 13.9. The van der Waals surface area contributed by atoms with Crippen LogP contribution in [0.15, 0.2) is 12.1 Å². The van der Waals surface area contributed by atoms with Crippen LogP contribution in [0.25, 0.3) is 0 Å². The molecule has 102 valence electrons. The van der Waals surface area contributed by atoms with Crippen LogP contribution in [0.4, 0.5) is 0 Å². The van der Waals surface area contributed by atoms with Gasteiger partial charge in [0, 0.05) is 12.4 Å². The number of benzene rings is 1. The van der Waals surface area contributed by atoms with Crippen molar-refractivity contribution in [1.29, 1.82) is 0 Å². The zero-order valence-electron chi connectivity index (χ0n) is 12.7. The van der Waals surface area contributed by atoms with E-state index >= 15 is 0 Å². The third-order valence-corrected chi connectivity index (χ3v) is 4.03. The molecule has 0 amide bonds. The van der Waals surface area contributed by atoms with Crippen LogP contribution in [0.5, 0.6) is 0 Å². The highest BCUT2D eigenvalue weighted by Gasteiger charge is 2.16. The molecule has 0 atom stereocenters. The van der Waals surface area contributed by atoms with Crippen molar-refractivity contribution in [3.63, 3.8) is 0 Å². The second-order valence-corrected chi connectivity index (χ2v) is 6.59. The largest absolute Gasteiger partial charge is 0.297 e. The van der Waals surface area contributed by atoms with E-state index in [0.29, 0.717) is 0 Å². The Morgan fingerprint density at radius 1 is 1.11 bits per heavy atom. The molecule has 2 heteroatoms. The van der Waals surface area contributed by atoms with Gasteiger partial charge in [-0.1, -0.05) is 32.9 Å². The highest BCUT2D eigenvalue weighted by atomic mass is 32.1. The molecule has 0 heterocycles. The van der Waals surface area contributed by atoms with Crippen molar-refractivity contribution >= 4 is 12.6 Å². The predicted molar refractivity (Wildman–Crippen MR) is 84.8 cm³/mol. The number of hydrogen-bond donors (Lipinski definition) is 1. The minimum Gasteiger partial charge on any atom is -0.297 e. The molecule has 1 nitrogen and oxygen atoms in total. The van der Waals surface area contributed by atoms with Gasteiger partial charge in [0.2, 0.25) is 0 Å². The van der Waals surface area contributed by atoms with Crippen LogP contribution >= 0.6 is 12.6 Å². The molecule has 0 bridgehead atoms. The summed E-state index contributed by atoms with van der Waals surface area (Å²) in [6, 6.07) is 4.70. The van der Waals surface area contributed by atoms with Crippen molar-refractivity contribution in [3.05, 3.63) is 34.4 Å². The van der Waals surface area contributed by atoms with E-state index in [9.17, 15) is 0 Å². The lowest BCUT2D eigenvalue weighted by atomic mass is 9.83. The molecule has 1 rings (SSSR count). The molecule has 0 aliphatic rings. The minimum atomic E-state index is 0.232. The van der Waals surface area contributed by atoms with Crippen LogP contribution < -0.4 is 0 Å². The summed E-state index contributed by atoms with van der Waals surface area (Å²) in [5.74, 6) is 0.818. The Bertz CT molecular complexity index is 381. The normalized spacial score (nSPS) is 12.2. The van der Waals surface area contributed by atoms with E-state index in [1.165, 1.54) is 22.3 Å². The van der Waals surface area contributed by atoms with E-state index in [4.69, 9.17) is 0 Å². The lowest BCUT2D eigenvalue weighted by Gasteiger charge is -2.23. The van der Waals surface area contributed by atoms with Crippen LogP contribution in [0.2, 0.25) is 0 Å². The van der Waals surface area contributed by atoms with Gasteiger partial charge in [0.25, 0.3) is 0 Å². The fourth-order valence-corrected chi connectivity index (χ4v) is 2.34. The second-order valence-electron chi connectivity index (χ2n) is 6.31. The summed E-state index contributed by atoms with van der Waals surface area (Å²) in [7, 11) is 2.11. The lowest BCUT2D eigenvalue weighted by Crippen LogP contribution is -2.20. The summed E-state index contributed by atoms with van der Waals surface area (Å²) in [6.45, 7) is 12.4. The van der Waals surface area contributed by atoms with Gasteiger partial charge in [-0.25, -0.2) is 0 Å². The van der Waals surface area contributed by atoms with Crippen molar-refractivity contribution in [2.24, 2.45) is 0 Å². The van der Waals surface area contributed by atoms with Gasteiger partial charge < -0.3 is 0 Å². The molecule has 0 N–H and O–H groups in total. The number of hydrogen-bond acceptors (Lipinski definition) is 2. The Morgan fingerprint density at radius 3 is 2.00 bits per heavy atom. The molecule has 0 saturated carbocycles. The van der Waals surface area contributed by atoms with E-state index in [0.717, 1.165) is 18.8 Å². The molecule has 1 aromatic carbocycles. The molecule has 0 unspecified atom stereocenters. The van der Waals surface area contributed by atoms with E-state index < -0.39 is 0 Å². The van der Waals surface area contributed by atoms with Crippen molar-refractivity contribution in [2.45, 2.75) is 46.5 Å². The Balaban J connectivity index is 2.95. The zero-order valence-corrected chi connectivity index (χ0v) is 13.6. The fourth-order valence-electron chi connectivity index (χ4n) is 2.19. The van der Waals surface area contributed by atoms with E-state index in [1.54, 1.807) is 0 Å². The maximum absolute atomic E-state index is 4.29. The first-order valence-corrected chi connectivity index (χ1v) is 7.29. The van der Waals surface area contributed by atoms with Gasteiger partial charge in [0.1, 0.15) is 0 Å². The molecular formula is C16H27NS. The molecule has 18 heavy (non-hydrogen) atoms. The molecule has 0 saturated heterocycles. The number of thiol groups is 1. The highest BCUT2D eigenvalue weighted by molar-refractivity contribution is 7.80. The maximum Gasteiger partial charge on any atom is 0.0411 e. The van der Waals surface area contributed by atoms with E-state index in [2.05, 4.69) is 71.3 Å². The van der Waals surface area contributed by atoms with Crippen molar-refractivity contribution < 1.29 is 0 Å². The third-order valence-electron chi connectivity index (χ3n) is 3.55. The van der Waals surface area contributed by atoms with Gasteiger partial charge in [0.05, 0.1) is 0 Å². The predicted octanol–water partition coefficient (Wildman–Crippen LogP) is 3.96. The summed E-state index contributed by atoms with van der Waals surface area (Å²) >= 11 is 4.29. The Kier molecular flexibility index (Phi) is 5.30. The summed E-state index contributed by atoms with van der Waals surface area (Å²) in [5, 5.41) is 0. The SMILES string of the molecule is Cc1cc(C(C)(C)C)cc(C)c1CCN(C)CS. The second kappa shape index (κ2) is 6.12. The molecule has 0 spiro atoms. The quantitative estimate of drug-likeness (QED) is 0.637. The minimum absolute atomic E-state index is 0.232. The van der Waals surface area contributed by atoms with Crippen LogP contribution in [0, 0.1) is 13.8 Å². The summed E-state index contributed by atoms with van der Waals surface area (Å²) in [5.41, 5.74) is 6.01. The first kappa shape index (κ1) is 15.6. The van der Waals surface area contributed by atoms with Crippen molar-refractivity contribution in [3.8, 4) is 0 Å². The standard InChI is InChI=1S/C16H27NS/c1-12-9-14(16(3,4)5)10-13(2)15(12)7-8-17(6)11-18/h9-10,18H,7-8,11H2,1-6H3. The average molecular weight is 265 g/mol. The van der Waals surface area contributed by atoms with Gasteiger partial charge in [-0.15, -0.1) is 0 Å². The van der Waals surface area contributed by atoms with Gasteiger partial charge in [-0.05, 0) is 55.0 Å². The molecule has 0 aliphatic heterocycles. The monoisotopic (exact) mass is 265 g/mol. The number of rotatable bonds is 4. The Morgan fingerprint density at radius 2 is 1.61 bits per heavy atom. The number of nitrogens with zero attached hydrogens (tertiary/aromatic N) is 1. The Labute approximate surface area is 118 Å². The summed E-state index contributed by atoms with van der Waals surface area (Å²) < 4.78 is 0. The topological polar surface area (TPSA) is 3.24 Å². The molecule has 0 aliphatic carbocycles. The maximum atomic E-state index is 4.29. The number of aryl methyl sites for hydroxylation is 2.